The van der Waals surface area contributed by atoms with Crippen LogP contribution in [0.2, 0.25) is 5.02 Å². The molecule has 1 aliphatic rings. The number of hydrogen-bond donors (Lipinski definition) is 1. The number of hydrogen-bond acceptors (Lipinski definition) is 2. The summed E-state index contributed by atoms with van der Waals surface area (Å²) < 4.78 is 137. The molecule has 0 aromatic heterocycles. The molecule has 4 nitrogen and oxygen atoms in total. The number of likely N-dealkylation sites (N-methyl/N-ethyl adjacent to an activating group) is 1. The molecule has 0 aliphatic heterocycles. The standard InChI is InChI=1S/C27H23ClF10N2O2/c1-13-8-16(9-14(2)21(13)28)18(26(33,34)35)11-20(29)15-4-5-17(19(10-15)27(36,37)38)22(41)39-24(6-7-24)23(42)40(3)12-25(30,31)32/h4-5,8-11,18H,6-7,12H2,1-3H3,(H,39,41). The van der Waals surface area contributed by atoms with Crippen LogP contribution >= 0.6 is 11.6 Å². The van der Waals surface area contributed by atoms with Gasteiger partial charge in [-0.3, -0.25) is 9.59 Å². The predicted molar refractivity (Wildman–Crippen MR) is 133 cm³/mol. The van der Waals surface area contributed by atoms with E-state index >= 15 is 4.39 Å². The molecular weight excluding hydrogens is 610 g/mol. The number of nitrogens with one attached hydrogen (secondary N) is 1. The second-order valence-corrected chi connectivity index (χ2v) is 10.5. The van der Waals surface area contributed by atoms with Gasteiger partial charge in [-0.1, -0.05) is 29.8 Å². The van der Waals surface area contributed by atoms with Gasteiger partial charge in [-0.2, -0.15) is 39.5 Å². The Balaban J connectivity index is 1.97. The summed E-state index contributed by atoms with van der Waals surface area (Å²) in [4.78, 5) is 25.5. The van der Waals surface area contributed by atoms with E-state index in [0.29, 0.717) is 12.1 Å². The first kappa shape index (κ1) is 33.2. The van der Waals surface area contributed by atoms with E-state index in [1.54, 1.807) is 0 Å². The Bertz CT molecular complexity index is 1390. The van der Waals surface area contributed by atoms with Gasteiger partial charge < -0.3 is 10.2 Å². The van der Waals surface area contributed by atoms with Crippen molar-refractivity contribution in [1.82, 2.24) is 10.2 Å². The van der Waals surface area contributed by atoms with E-state index in [4.69, 9.17) is 11.6 Å². The van der Waals surface area contributed by atoms with Crippen LogP contribution in [0.4, 0.5) is 43.9 Å². The third-order valence-corrected chi connectivity index (χ3v) is 7.20. The Morgan fingerprint density at radius 2 is 1.55 bits per heavy atom. The molecule has 15 heteroatoms. The number of rotatable bonds is 7. The highest BCUT2D eigenvalue weighted by molar-refractivity contribution is 6.32. The van der Waals surface area contributed by atoms with Gasteiger partial charge in [0.1, 0.15) is 23.8 Å². The quantitative estimate of drug-likeness (QED) is 0.316. The van der Waals surface area contributed by atoms with E-state index in [-0.39, 0.29) is 46.0 Å². The molecule has 2 aromatic carbocycles. The van der Waals surface area contributed by atoms with Gasteiger partial charge in [0.25, 0.3) is 5.91 Å². The Morgan fingerprint density at radius 3 is 2.00 bits per heavy atom. The van der Waals surface area contributed by atoms with E-state index in [0.717, 1.165) is 19.2 Å². The lowest BCUT2D eigenvalue weighted by atomic mass is 9.93. The molecular formula is C27H23ClF10N2O2. The van der Waals surface area contributed by atoms with Crippen LogP contribution in [-0.4, -0.2) is 48.2 Å². The highest BCUT2D eigenvalue weighted by Crippen LogP contribution is 2.42. The lowest BCUT2D eigenvalue weighted by Gasteiger charge is -2.25. The fraction of sp³-hybridized carbons (Fsp3) is 0.407. The van der Waals surface area contributed by atoms with E-state index in [1.807, 2.05) is 5.32 Å². The van der Waals surface area contributed by atoms with Crippen LogP contribution < -0.4 is 5.32 Å². The van der Waals surface area contributed by atoms with Crippen molar-refractivity contribution < 1.29 is 53.5 Å². The molecule has 42 heavy (non-hydrogen) atoms. The summed E-state index contributed by atoms with van der Waals surface area (Å²) in [7, 11) is 0.813. The van der Waals surface area contributed by atoms with Gasteiger partial charge in [0.2, 0.25) is 5.91 Å². The van der Waals surface area contributed by atoms with Crippen molar-refractivity contribution in [3.05, 3.63) is 74.8 Å². The van der Waals surface area contributed by atoms with Crippen molar-refractivity contribution in [2.24, 2.45) is 0 Å². The highest BCUT2D eigenvalue weighted by atomic mass is 35.5. The van der Waals surface area contributed by atoms with E-state index in [1.165, 1.54) is 13.8 Å². The van der Waals surface area contributed by atoms with Crippen LogP contribution in [0.1, 0.15) is 56.9 Å². The zero-order valence-electron chi connectivity index (χ0n) is 22.1. The Kier molecular flexibility index (Phi) is 9.03. The third kappa shape index (κ3) is 7.56. The molecule has 0 radical (unpaired) electrons. The summed E-state index contributed by atoms with van der Waals surface area (Å²) >= 11 is 6.00. The lowest BCUT2D eigenvalue weighted by Crippen LogP contribution is -2.51. The summed E-state index contributed by atoms with van der Waals surface area (Å²) in [6.07, 6.45) is -15.3. The van der Waals surface area contributed by atoms with Crippen LogP contribution in [0.3, 0.4) is 0 Å². The van der Waals surface area contributed by atoms with Crippen molar-refractivity contribution >= 4 is 29.2 Å². The predicted octanol–water partition coefficient (Wildman–Crippen LogP) is 7.92. The van der Waals surface area contributed by atoms with Crippen molar-refractivity contribution in [3.63, 3.8) is 0 Å². The maximum atomic E-state index is 15.1. The molecule has 2 amide bonds. The molecule has 0 saturated heterocycles. The molecule has 1 atom stereocenters. The highest BCUT2D eigenvalue weighted by Gasteiger charge is 2.54. The number of alkyl halides is 9. The van der Waals surface area contributed by atoms with Gasteiger partial charge in [0.05, 0.1) is 11.1 Å². The zero-order chi connectivity index (χ0) is 32.0. The van der Waals surface area contributed by atoms with E-state index in [9.17, 15) is 49.1 Å². The molecule has 1 aliphatic carbocycles. The average molecular weight is 633 g/mol. The SMILES string of the molecule is Cc1cc(C(C=C(F)c2ccc(C(=O)NC3(C(=O)N(C)CC(F)(F)F)CC3)c(C(F)(F)F)c2)C(F)(F)F)cc(C)c1Cl. The molecule has 3 rings (SSSR count). The number of aryl methyl sites for hydroxylation is 2. The Morgan fingerprint density at radius 1 is 1.00 bits per heavy atom. The number of benzene rings is 2. The van der Waals surface area contributed by atoms with Crippen molar-refractivity contribution in [2.45, 2.75) is 56.7 Å². The van der Waals surface area contributed by atoms with Gasteiger partial charge in [-0.15, -0.1) is 0 Å². The molecule has 1 fully saturated rings. The first-order chi connectivity index (χ1) is 19.1. The normalized spacial score (nSPS) is 16.2. The summed E-state index contributed by atoms with van der Waals surface area (Å²) in [6.45, 7) is 1.20. The first-order valence-corrected chi connectivity index (χ1v) is 12.5. The molecule has 0 spiro atoms. The number of carbonyl (C=O) groups excluding carboxylic acids is 2. The van der Waals surface area contributed by atoms with Gasteiger partial charge in [-0.05, 0) is 61.6 Å². The van der Waals surface area contributed by atoms with Gasteiger partial charge >= 0.3 is 18.5 Å². The Hall–Kier alpha value is -3.29. The fourth-order valence-electron chi connectivity index (χ4n) is 4.41. The molecule has 2 aromatic rings. The molecule has 0 bridgehead atoms. The molecule has 230 valence electrons. The molecule has 1 saturated carbocycles. The largest absolute Gasteiger partial charge is 0.417 e. The summed E-state index contributed by atoms with van der Waals surface area (Å²) in [6, 6.07) is 3.46. The second kappa shape index (κ2) is 11.4. The number of halogens is 11. The van der Waals surface area contributed by atoms with Gasteiger partial charge in [0, 0.05) is 17.6 Å². The summed E-state index contributed by atoms with van der Waals surface area (Å²) in [5.74, 6) is -6.87. The minimum absolute atomic E-state index is 0.103. The third-order valence-electron chi connectivity index (χ3n) is 6.60. The number of carbonyl (C=O) groups is 2. The van der Waals surface area contributed by atoms with Crippen LogP contribution in [0.25, 0.3) is 5.83 Å². The van der Waals surface area contributed by atoms with Crippen molar-refractivity contribution in [1.29, 1.82) is 0 Å². The number of amides is 2. The molecule has 0 heterocycles. The smallest absolute Gasteiger partial charge is 0.338 e. The Labute approximate surface area is 238 Å². The topological polar surface area (TPSA) is 49.4 Å². The lowest BCUT2D eigenvalue weighted by molar-refractivity contribution is -0.160. The minimum atomic E-state index is -5.30. The van der Waals surface area contributed by atoms with Crippen molar-refractivity contribution in [2.75, 3.05) is 13.6 Å². The summed E-state index contributed by atoms with van der Waals surface area (Å²) in [5.41, 5.74) is -5.49. The second-order valence-electron chi connectivity index (χ2n) is 10.1. The number of allylic oxidation sites excluding steroid dienone is 1. The summed E-state index contributed by atoms with van der Waals surface area (Å²) in [5, 5.41) is 2.22. The van der Waals surface area contributed by atoms with Crippen LogP contribution in [0, 0.1) is 13.8 Å². The van der Waals surface area contributed by atoms with Crippen LogP contribution in [0.5, 0.6) is 0 Å². The first-order valence-electron chi connectivity index (χ1n) is 12.1. The van der Waals surface area contributed by atoms with Gasteiger partial charge in [0.15, 0.2) is 0 Å². The van der Waals surface area contributed by atoms with Crippen LogP contribution in [0.15, 0.2) is 36.4 Å². The monoisotopic (exact) mass is 632 g/mol. The molecule has 1 unspecified atom stereocenters. The van der Waals surface area contributed by atoms with Gasteiger partial charge in [-0.25, -0.2) is 4.39 Å². The maximum Gasteiger partial charge on any atom is 0.417 e. The van der Waals surface area contributed by atoms with E-state index < -0.39 is 76.4 Å². The minimum Gasteiger partial charge on any atom is -0.338 e. The number of nitrogens with zero attached hydrogens (tertiary/aromatic N) is 1. The van der Waals surface area contributed by atoms with Crippen LogP contribution in [-0.2, 0) is 11.0 Å². The molecule has 1 N–H and O–H groups in total. The maximum absolute atomic E-state index is 15.1. The van der Waals surface area contributed by atoms with E-state index in [2.05, 4.69) is 0 Å². The average Bonchev–Trinajstić information content (AvgIpc) is 3.62. The zero-order valence-corrected chi connectivity index (χ0v) is 22.8. The van der Waals surface area contributed by atoms with Crippen molar-refractivity contribution in [3.8, 4) is 0 Å². The fourth-order valence-corrected chi connectivity index (χ4v) is 4.52.